The standard InChI is InChI=1S/C19H18N2O2/c1-10-6-17(22)20-16-8-13(4-5-14(10)16)21-9-15-11-2-3-12(7-11)18(15)19(21)23/h2-6,8,11-12,15,18H,7,9H2,1H3,(H,20,22)/t11-,12+,15-,18+/m1/s1. The highest BCUT2D eigenvalue weighted by Gasteiger charge is 2.54. The fourth-order valence-corrected chi connectivity index (χ4v) is 4.84. The van der Waals surface area contributed by atoms with E-state index in [1.165, 1.54) is 0 Å². The summed E-state index contributed by atoms with van der Waals surface area (Å²) in [5.41, 5.74) is 2.57. The van der Waals surface area contributed by atoms with Crippen LogP contribution in [-0.2, 0) is 4.79 Å². The Hall–Kier alpha value is -2.36. The van der Waals surface area contributed by atoms with Crippen molar-refractivity contribution in [1.29, 1.82) is 0 Å². The molecule has 1 saturated carbocycles. The molecule has 1 aromatic heterocycles. The summed E-state index contributed by atoms with van der Waals surface area (Å²) in [7, 11) is 0. The highest BCUT2D eigenvalue weighted by atomic mass is 16.2. The van der Waals surface area contributed by atoms with E-state index in [1.807, 2.05) is 30.0 Å². The molecular formula is C19H18N2O2. The molecule has 2 heterocycles. The van der Waals surface area contributed by atoms with E-state index >= 15 is 0 Å². The number of rotatable bonds is 1. The molecule has 5 rings (SSSR count). The maximum absolute atomic E-state index is 12.9. The van der Waals surface area contributed by atoms with Gasteiger partial charge in [-0.3, -0.25) is 9.59 Å². The molecule has 116 valence electrons. The molecule has 2 fully saturated rings. The predicted molar refractivity (Wildman–Crippen MR) is 89.4 cm³/mol. The Labute approximate surface area is 133 Å². The van der Waals surface area contributed by atoms with E-state index in [1.54, 1.807) is 6.07 Å². The van der Waals surface area contributed by atoms with Crippen LogP contribution in [-0.4, -0.2) is 17.4 Å². The summed E-state index contributed by atoms with van der Waals surface area (Å²) in [5, 5.41) is 1.03. The minimum Gasteiger partial charge on any atom is -0.322 e. The van der Waals surface area contributed by atoms with E-state index in [4.69, 9.17) is 0 Å². The molecule has 1 aromatic carbocycles. The lowest BCUT2D eigenvalue weighted by Crippen LogP contribution is -2.29. The van der Waals surface area contributed by atoms with Crippen LogP contribution >= 0.6 is 0 Å². The topological polar surface area (TPSA) is 53.2 Å². The van der Waals surface area contributed by atoms with Crippen molar-refractivity contribution in [3.05, 3.63) is 52.3 Å². The molecule has 2 aliphatic carbocycles. The lowest BCUT2D eigenvalue weighted by atomic mass is 9.86. The van der Waals surface area contributed by atoms with Crippen LogP contribution in [0.1, 0.15) is 12.0 Å². The zero-order valence-corrected chi connectivity index (χ0v) is 13.0. The van der Waals surface area contributed by atoms with Gasteiger partial charge in [-0.25, -0.2) is 0 Å². The molecule has 4 atom stereocenters. The number of hydrogen-bond acceptors (Lipinski definition) is 2. The fourth-order valence-electron chi connectivity index (χ4n) is 4.84. The molecule has 1 amide bonds. The zero-order valence-electron chi connectivity index (χ0n) is 13.0. The van der Waals surface area contributed by atoms with Crippen LogP contribution in [0, 0.1) is 30.6 Å². The Bertz CT molecular complexity index is 927. The van der Waals surface area contributed by atoms with Crippen molar-refractivity contribution in [3.8, 4) is 0 Å². The average molecular weight is 306 g/mol. The molecule has 0 spiro atoms. The van der Waals surface area contributed by atoms with E-state index in [-0.39, 0.29) is 17.4 Å². The number of H-pyrrole nitrogens is 1. The predicted octanol–water partition coefficient (Wildman–Crippen LogP) is 2.62. The van der Waals surface area contributed by atoms with Gasteiger partial charge in [0.25, 0.3) is 0 Å². The number of carbonyl (C=O) groups excluding carboxylic acids is 1. The summed E-state index contributed by atoms with van der Waals surface area (Å²) in [6.45, 7) is 2.74. The van der Waals surface area contributed by atoms with Gasteiger partial charge in [-0.05, 0) is 48.8 Å². The fraction of sp³-hybridized carbons (Fsp3) is 0.368. The van der Waals surface area contributed by atoms with Crippen molar-refractivity contribution in [2.45, 2.75) is 13.3 Å². The van der Waals surface area contributed by atoms with Gasteiger partial charge in [0.15, 0.2) is 0 Å². The monoisotopic (exact) mass is 306 g/mol. The van der Waals surface area contributed by atoms with Crippen molar-refractivity contribution in [2.75, 3.05) is 11.4 Å². The summed E-state index contributed by atoms with van der Waals surface area (Å²) in [6, 6.07) is 7.56. The van der Waals surface area contributed by atoms with Crippen LogP contribution in [0.3, 0.4) is 0 Å². The first-order chi connectivity index (χ1) is 11.1. The van der Waals surface area contributed by atoms with Crippen LogP contribution < -0.4 is 10.5 Å². The highest BCUT2D eigenvalue weighted by Crippen LogP contribution is 2.52. The summed E-state index contributed by atoms with van der Waals surface area (Å²) >= 11 is 0. The van der Waals surface area contributed by atoms with Crippen molar-refractivity contribution in [2.24, 2.45) is 23.7 Å². The number of benzene rings is 1. The maximum Gasteiger partial charge on any atom is 0.248 e. The minimum atomic E-state index is -0.0981. The Morgan fingerprint density at radius 2 is 1.96 bits per heavy atom. The SMILES string of the molecule is Cc1cc(=O)[nH]c2cc(N3C[C@H]4[C@@H](C3=O)[C@H]3C=C[C@@H]4C3)ccc12. The average Bonchev–Trinajstić information content (AvgIpc) is 3.19. The number of anilines is 1. The molecule has 4 nitrogen and oxygen atoms in total. The van der Waals surface area contributed by atoms with Crippen molar-refractivity contribution >= 4 is 22.5 Å². The van der Waals surface area contributed by atoms with Crippen LogP contribution in [0.2, 0.25) is 0 Å². The van der Waals surface area contributed by atoms with Gasteiger partial charge >= 0.3 is 0 Å². The van der Waals surface area contributed by atoms with E-state index < -0.39 is 0 Å². The van der Waals surface area contributed by atoms with Gasteiger partial charge in [0.1, 0.15) is 0 Å². The number of fused-ring (bicyclic) bond motifs is 6. The number of allylic oxidation sites excluding steroid dienone is 2. The molecule has 1 aliphatic heterocycles. The Balaban J connectivity index is 1.57. The first-order valence-electron chi connectivity index (χ1n) is 8.25. The van der Waals surface area contributed by atoms with E-state index in [0.717, 1.165) is 35.1 Å². The third-order valence-electron chi connectivity index (χ3n) is 5.91. The van der Waals surface area contributed by atoms with E-state index in [9.17, 15) is 9.59 Å². The third kappa shape index (κ3) is 1.72. The minimum absolute atomic E-state index is 0.0981. The maximum atomic E-state index is 12.9. The molecule has 4 heteroatoms. The van der Waals surface area contributed by atoms with Crippen molar-refractivity contribution < 1.29 is 4.79 Å². The summed E-state index contributed by atoms with van der Waals surface area (Å²) in [5.74, 6) is 1.88. The van der Waals surface area contributed by atoms with Crippen LogP contribution in [0.15, 0.2) is 41.2 Å². The largest absolute Gasteiger partial charge is 0.322 e. The quantitative estimate of drug-likeness (QED) is 0.823. The molecule has 1 N–H and O–H groups in total. The Kier molecular flexibility index (Phi) is 2.48. The molecule has 0 unspecified atom stereocenters. The van der Waals surface area contributed by atoms with E-state index in [2.05, 4.69) is 17.1 Å². The van der Waals surface area contributed by atoms with Gasteiger partial charge in [-0.2, -0.15) is 0 Å². The first kappa shape index (κ1) is 13.1. The van der Waals surface area contributed by atoms with Gasteiger partial charge in [0, 0.05) is 29.6 Å². The number of hydrogen-bond donors (Lipinski definition) is 1. The van der Waals surface area contributed by atoms with Gasteiger partial charge < -0.3 is 9.88 Å². The van der Waals surface area contributed by atoms with Crippen LogP contribution in [0.5, 0.6) is 0 Å². The number of aryl methyl sites for hydroxylation is 1. The van der Waals surface area contributed by atoms with Crippen LogP contribution in [0.4, 0.5) is 5.69 Å². The van der Waals surface area contributed by atoms with Gasteiger partial charge in [-0.1, -0.05) is 18.2 Å². The lowest BCUT2D eigenvalue weighted by molar-refractivity contribution is -0.121. The number of amides is 1. The molecule has 1 saturated heterocycles. The van der Waals surface area contributed by atoms with Gasteiger partial charge in [0.2, 0.25) is 11.5 Å². The molecule has 2 aromatic rings. The molecule has 0 radical (unpaired) electrons. The van der Waals surface area contributed by atoms with E-state index in [0.29, 0.717) is 17.8 Å². The first-order valence-corrected chi connectivity index (χ1v) is 8.25. The molecule has 3 aliphatic rings. The number of nitrogens with one attached hydrogen (secondary N) is 1. The molecule has 23 heavy (non-hydrogen) atoms. The lowest BCUT2D eigenvalue weighted by Gasteiger charge is -2.19. The number of carbonyl (C=O) groups is 1. The number of aromatic amines is 1. The Morgan fingerprint density at radius 3 is 2.78 bits per heavy atom. The third-order valence-corrected chi connectivity index (χ3v) is 5.91. The number of nitrogens with zero attached hydrogens (tertiary/aromatic N) is 1. The van der Waals surface area contributed by atoms with Crippen LogP contribution in [0.25, 0.3) is 10.9 Å². The molecule has 2 bridgehead atoms. The second-order valence-electron chi connectivity index (χ2n) is 7.13. The highest BCUT2D eigenvalue weighted by molar-refractivity contribution is 6.00. The van der Waals surface area contributed by atoms with Crippen molar-refractivity contribution in [1.82, 2.24) is 4.98 Å². The van der Waals surface area contributed by atoms with Gasteiger partial charge in [-0.15, -0.1) is 0 Å². The second-order valence-corrected chi connectivity index (χ2v) is 7.13. The van der Waals surface area contributed by atoms with Crippen molar-refractivity contribution in [3.63, 3.8) is 0 Å². The zero-order chi connectivity index (χ0) is 15.7. The summed E-state index contributed by atoms with van der Waals surface area (Å²) in [6.07, 6.45) is 5.68. The van der Waals surface area contributed by atoms with Gasteiger partial charge in [0.05, 0.1) is 5.52 Å². The second kappa shape index (κ2) is 4.34. The normalized spacial score (nSPS) is 31.3. The number of pyridine rings is 1. The summed E-state index contributed by atoms with van der Waals surface area (Å²) in [4.78, 5) is 29.4. The molecular weight excluding hydrogens is 288 g/mol. The summed E-state index contributed by atoms with van der Waals surface area (Å²) < 4.78 is 0. The smallest absolute Gasteiger partial charge is 0.248 e. The number of aromatic nitrogens is 1. The Morgan fingerprint density at radius 1 is 1.13 bits per heavy atom.